The Kier molecular flexibility index (Phi) is 6.32. The number of aromatic nitrogens is 3. The minimum atomic E-state index is -0.0703. The van der Waals surface area contributed by atoms with E-state index in [0.717, 1.165) is 12.1 Å². The van der Waals surface area contributed by atoms with Gasteiger partial charge in [-0.3, -0.25) is 4.79 Å². The molecule has 0 aliphatic heterocycles. The van der Waals surface area contributed by atoms with Crippen LogP contribution in [0.1, 0.15) is 36.3 Å². The third-order valence-corrected chi connectivity index (χ3v) is 3.74. The van der Waals surface area contributed by atoms with E-state index in [1.54, 1.807) is 22.7 Å². The Morgan fingerprint density at radius 3 is 2.77 bits per heavy atom. The lowest BCUT2D eigenvalue weighted by atomic mass is 10.0. The minimum Gasteiger partial charge on any atom is -0.341 e. The van der Waals surface area contributed by atoms with Crippen LogP contribution in [0.4, 0.5) is 0 Å². The summed E-state index contributed by atoms with van der Waals surface area (Å²) in [7, 11) is 1.79. The topological polar surface area (TPSA) is 76.5 Å². The molecule has 0 spiro atoms. The van der Waals surface area contributed by atoms with Crippen molar-refractivity contribution in [3.8, 4) is 0 Å². The Bertz CT molecular complexity index is 640. The summed E-state index contributed by atoms with van der Waals surface area (Å²) >= 11 is 0. The number of carbonyl (C=O) groups is 1. The zero-order valence-corrected chi connectivity index (χ0v) is 14.3. The molecule has 0 aliphatic rings. The summed E-state index contributed by atoms with van der Waals surface area (Å²) in [4.78, 5) is 18.6. The van der Waals surface area contributed by atoms with Crippen LogP contribution >= 0.6 is 12.4 Å². The SMILES string of the molecule is Cc1ccn2ncc(C(=O)N(C)CCC(N)C(C)C)c2n1.Cl. The van der Waals surface area contributed by atoms with Gasteiger partial charge in [0.25, 0.3) is 5.91 Å². The third-order valence-electron chi connectivity index (χ3n) is 3.74. The van der Waals surface area contributed by atoms with Crippen molar-refractivity contribution < 1.29 is 4.79 Å². The first kappa shape index (κ1) is 18.4. The lowest BCUT2D eigenvalue weighted by Gasteiger charge is -2.21. The molecule has 22 heavy (non-hydrogen) atoms. The molecule has 6 nitrogen and oxygen atoms in total. The van der Waals surface area contributed by atoms with Crippen LogP contribution in [0.2, 0.25) is 0 Å². The van der Waals surface area contributed by atoms with E-state index < -0.39 is 0 Å². The van der Waals surface area contributed by atoms with Crippen molar-refractivity contribution in [3.63, 3.8) is 0 Å². The van der Waals surface area contributed by atoms with Gasteiger partial charge in [-0.25, -0.2) is 9.50 Å². The Labute approximate surface area is 137 Å². The number of aryl methyl sites for hydroxylation is 1. The van der Waals surface area contributed by atoms with Crippen molar-refractivity contribution in [1.82, 2.24) is 19.5 Å². The van der Waals surface area contributed by atoms with Gasteiger partial charge >= 0.3 is 0 Å². The predicted molar refractivity (Wildman–Crippen MR) is 89.4 cm³/mol. The van der Waals surface area contributed by atoms with Gasteiger partial charge in [-0.05, 0) is 25.3 Å². The molecule has 0 saturated carbocycles. The molecular formula is C15H24ClN5O. The molecule has 0 fully saturated rings. The largest absolute Gasteiger partial charge is 0.341 e. The Morgan fingerprint density at radius 2 is 2.14 bits per heavy atom. The number of fused-ring (bicyclic) bond motifs is 1. The second-order valence-electron chi connectivity index (χ2n) is 5.82. The number of amides is 1. The second-order valence-corrected chi connectivity index (χ2v) is 5.82. The van der Waals surface area contributed by atoms with Crippen LogP contribution < -0.4 is 5.73 Å². The highest BCUT2D eigenvalue weighted by atomic mass is 35.5. The predicted octanol–water partition coefficient (Wildman–Crippen LogP) is 1.90. The molecule has 2 aromatic heterocycles. The highest BCUT2D eigenvalue weighted by molar-refractivity contribution is 5.99. The normalized spacial score (nSPS) is 12.3. The van der Waals surface area contributed by atoms with E-state index in [1.165, 1.54) is 0 Å². The number of nitrogens with zero attached hydrogens (tertiary/aromatic N) is 4. The van der Waals surface area contributed by atoms with Gasteiger partial charge in [0.15, 0.2) is 5.65 Å². The van der Waals surface area contributed by atoms with Crippen molar-refractivity contribution in [2.75, 3.05) is 13.6 Å². The fourth-order valence-corrected chi connectivity index (χ4v) is 2.09. The van der Waals surface area contributed by atoms with Crippen LogP contribution in [-0.2, 0) is 0 Å². The maximum Gasteiger partial charge on any atom is 0.259 e. The number of nitrogens with two attached hydrogens (primary N) is 1. The Hall–Kier alpha value is -1.66. The van der Waals surface area contributed by atoms with Gasteiger partial charge in [-0.1, -0.05) is 13.8 Å². The molecule has 0 aliphatic carbocycles. The van der Waals surface area contributed by atoms with Crippen molar-refractivity contribution >= 4 is 24.0 Å². The van der Waals surface area contributed by atoms with E-state index in [2.05, 4.69) is 23.9 Å². The highest BCUT2D eigenvalue weighted by Crippen LogP contribution is 2.12. The summed E-state index contributed by atoms with van der Waals surface area (Å²) in [5.41, 5.74) is 8.01. The molecule has 0 saturated heterocycles. The molecule has 7 heteroatoms. The van der Waals surface area contributed by atoms with Gasteiger partial charge < -0.3 is 10.6 Å². The first-order valence-corrected chi connectivity index (χ1v) is 7.22. The van der Waals surface area contributed by atoms with E-state index in [1.807, 2.05) is 19.2 Å². The van der Waals surface area contributed by atoms with Crippen molar-refractivity contribution in [3.05, 3.63) is 29.7 Å². The highest BCUT2D eigenvalue weighted by Gasteiger charge is 2.19. The van der Waals surface area contributed by atoms with Crippen LogP contribution in [0.25, 0.3) is 5.65 Å². The molecule has 0 bridgehead atoms. The molecule has 2 N–H and O–H groups in total. The fourth-order valence-electron chi connectivity index (χ4n) is 2.09. The molecule has 1 amide bonds. The van der Waals surface area contributed by atoms with E-state index in [-0.39, 0.29) is 24.4 Å². The molecule has 0 aromatic carbocycles. The summed E-state index contributed by atoms with van der Waals surface area (Å²) in [6.45, 7) is 6.70. The number of hydrogen-bond acceptors (Lipinski definition) is 4. The van der Waals surface area contributed by atoms with Crippen molar-refractivity contribution in [1.29, 1.82) is 0 Å². The van der Waals surface area contributed by atoms with Crippen molar-refractivity contribution in [2.45, 2.75) is 33.2 Å². The fraction of sp³-hybridized carbons (Fsp3) is 0.533. The maximum atomic E-state index is 12.5. The molecule has 1 atom stereocenters. The van der Waals surface area contributed by atoms with Crippen molar-refractivity contribution in [2.24, 2.45) is 11.7 Å². The van der Waals surface area contributed by atoms with Gasteiger partial charge in [-0.15, -0.1) is 12.4 Å². The van der Waals surface area contributed by atoms with E-state index in [9.17, 15) is 4.79 Å². The summed E-state index contributed by atoms with van der Waals surface area (Å²) in [6.07, 6.45) is 4.16. The van der Waals surface area contributed by atoms with E-state index in [0.29, 0.717) is 23.7 Å². The van der Waals surface area contributed by atoms with Crippen LogP contribution in [-0.4, -0.2) is 45.0 Å². The van der Waals surface area contributed by atoms with Crippen LogP contribution in [0.3, 0.4) is 0 Å². The Balaban J connectivity index is 0.00000242. The average Bonchev–Trinajstić information content (AvgIpc) is 2.86. The number of hydrogen-bond donors (Lipinski definition) is 1. The second kappa shape index (κ2) is 7.56. The lowest BCUT2D eigenvalue weighted by molar-refractivity contribution is 0.0791. The zero-order valence-electron chi connectivity index (χ0n) is 13.5. The quantitative estimate of drug-likeness (QED) is 0.911. The van der Waals surface area contributed by atoms with Gasteiger partial charge in [0.1, 0.15) is 5.56 Å². The third kappa shape index (κ3) is 3.96. The molecule has 2 heterocycles. The first-order valence-electron chi connectivity index (χ1n) is 7.22. The minimum absolute atomic E-state index is 0. The molecule has 0 radical (unpaired) electrons. The zero-order chi connectivity index (χ0) is 15.6. The molecule has 2 rings (SSSR count). The summed E-state index contributed by atoms with van der Waals surface area (Å²) in [5.74, 6) is 0.342. The van der Waals surface area contributed by atoms with Crippen LogP contribution in [0, 0.1) is 12.8 Å². The molecule has 122 valence electrons. The van der Waals surface area contributed by atoms with Crippen LogP contribution in [0.5, 0.6) is 0 Å². The first-order chi connectivity index (χ1) is 9.90. The monoisotopic (exact) mass is 325 g/mol. The number of halogens is 1. The van der Waals surface area contributed by atoms with Gasteiger partial charge in [-0.2, -0.15) is 5.10 Å². The summed E-state index contributed by atoms with van der Waals surface area (Å²) < 4.78 is 1.62. The van der Waals surface area contributed by atoms with Gasteiger partial charge in [0.2, 0.25) is 0 Å². The molecule has 1 unspecified atom stereocenters. The Morgan fingerprint density at radius 1 is 1.45 bits per heavy atom. The maximum absolute atomic E-state index is 12.5. The number of rotatable bonds is 5. The van der Waals surface area contributed by atoms with Crippen LogP contribution in [0.15, 0.2) is 18.5 Å². The lowest BCUT2D eigenvalue weighted by Crippen LogP contribution is -2.34. The molecular weight excluding hydrogens is 302 g/mol. The number of carbonyl (C=O) groups excluding carboxylic acids is 1. The summed E-state index contributed by atoms with van der Waals surface area (Å²) in [5, 5.41) is 4.17. The van der Waals surface area contributed by atoms with Gasteiger partial charge in [0, 0.05) is 31.5 Å². The average molecular weight is 326 g/mol. The summed E-state index contributed by atoms with van der Waals surface area (Å²) in [6, 6.07) is 1.96. The van der Waals surface area contributed by atoms with Gasteiger partial charge in [0.05, 0.1) is 6.20 Å². The standard InChI is InChI=1S/C15H23N5O.ClH/c1-10(2)13(16)6-7-19(4)15(21)12-9-17-20-8-5-11(3)18-14(12)20;/h5,8-10,13H,6-7,16H2,1-4H3;1H. The molecule has 2 aromatic rings. The van der Waals surface area contributed by atoms with E-state index in [4.69, 9.17) is 5.73 Å². The smallest absolute Gasteiger partial charge is 0.259 e. The van der Waals surface area contributed by atoms with E-state index >= 15 is 0 Å².